The van der Waals surface area contributed by atoms with Gasteiger partial charge >= 0.3 is 0 Å². The zero-order chi connectivity index (χ0) is 13.1. The normalized spacial score (nSPS) is 25.3. The van der Waals surface area contributed by atoms with Gasteiger partial charge in [-0.2, -0.15) is 0 Å². The highest BCUT2D eigenvalue weighted by Gasteiger charge is 2.34. The fraction of sp³-hybridized carbons (Fsp3) is 0.600. The minimum atomic E-state index is -0.123. The smallest absolute Gasteiger partial charge is 0.128 e. The van der Waals surface area contributed by atoms with E-state index in [0.717, 1.165) is 30.6 Å². The topological polar surface area (TPSA) is 21.3 Å². The van der Waals surface area contributed by atoms with Crippen molar-refractivity contribution in [2.45, 2.75) is 38.8 Å². The Morgan fingerprint density at radius 2 is 2.28 bits per heavy atom. The third-order valence-electron chi connectivity index (χ3n) is 3.89. The summed E-state index contributed by atoms with van der Waals surface area (Å²) in [4.78, 5) is 0. The summed E-state index contributed by atoms with van der Waals surface area (Å²) in [5.74, 6) is 0.234. The number of hydrogen-bond acceptors (Lipinski definition) is 2. The van der Waals surface area contributed by atoms with Crippen LogP contribution in [0.1, 0.15) is 36.9 Å². The predicted molar refractivity (Wildman–Crippen MR) is 71.1 cm³/mol. The average Bonchev–Trinajstić information content (AvgIpc) is 2.83. The summed E-state index contributed by atoms with van der Waals surface area (Å²) in [6.45, 7) is 4.91. The Bertz CT molecular complexity index is 407. The van der Waals surface area contributed by atoms with Crippen LogP contribution < -0.4 is 5.32 Å². The Hall–Kier alpha value is -0.930. The summed E-state index contributed by atoms with van der Waals surface area (Å²) in [6, 6.07) is 5.36. The second-order valence-corrected chi connectivity index (χ2v) is 5.06. The molecule has 2 rings (SSSR count). The van der Waals surface area contributed by atoms with Crippen LogP contribution in [0.15, 0.2) is 18.2 Å². The van der Waals surface area contributed by atoms with E-state index in [4.69, 9.17) is 4.74 Å². The van der Waals surface area contributed by atoms with Crippen molar-refractivity contribution >= 4 is 0 Å². The number of aryl methyl sites for hydroxylation is 1. The molecule has 0 spiro atoms. The van der Waals surface area contributed by atoms with Crippen molar-refractivity contribution in [2.24, 2.45) is 5.92 Å². The molecule has 1 N–H and O–H groups in total. The first-order chi connectivity index (χ1) is 8.67. The first-order valence-corrected chi connectivity index (χ1v) is 6.72. The van der Waals surface area contributed by atoms with E-state index >= 15 is 0 Å². The minimum Gasteiger partial charge on any atom is -0.378 e. The summed E-state index contributed by atoms with van der Waals surface area (Å²) in [5, 5.41) is 3.27. The van der Waals surface area contributed by atoms with Gasteiger partial charge < -0.3 is 10.1 Å². The largest absolute Gasteiger partial charge is 0.378 e. The molecule has 100 valence electrons. The first kappa shape index (κ1) is 13.5. The lowest BCUT2D eigenvalue weighted by atomic mass is 9.86. The molecule has 0 radical (unpaired) electrons. The molecular weight excluding hydrogens is 229 g/mol. The van der Waals surface area contributed by atoms with E-state index in [0.29, 0.717) is 5.92 Å². The maximum Gasteiger partial charge on any atom is 0.128 e. The van der Waals surface area contributed by atoms with Gasteiger partial charge in [0.15, 0.2) is 0 Å². The van der Waals surface area contributed by atoms with Gasteiger partial charge in [0.25, 0.3) is 0 Å². The Kier molecular flexibility index (Phi) is 4.36. The van der Waals surface area contributed by atoms with Crippen molar-refractivity contribution in [1.82, 2.24) is 5.32 Å². The summed E-state index contributed by atoms with van der Waals surface area (Å²) in [5.41, 5.74) is 1.87. The quantitative estimate of drug-likeness (QED) is 0.887. The molecule has 1 heterocycles. The molecule has 3 atom stereocenters. The van der Waals surface area contributed by atoms with Gasteiger partial charge in [-0.05, 0) is 32.9 Å². The van der Waals surface area contributed by atoms with E-state index < -0.39 is 0 Å². The van der Waals surface area contributed by atoms with E-state index in [1.54, 1.807) is 6.07 Å². The molecule has 1 aromatic rings. The van der Waals surface area contributed by atoms with Gasteiger partial charge in [0, 0.05) is 24.1 Å². The molecule has 3 unspecified atom stereocenters. The van der Waals surface area contributed by atoms with Gasteiger partial charge in [0.1, 0.15) is 5.82 Å². The van der Waals surface area contributed by atoms with Crippen LogP contribution >= 0.6 is 0 Å². The predicted octanol–water partition coefficient (Wildman–Crippen LogP) is 3.21. The van der Waals surface area contributed by atoms with Crippen molar-refractivity contribution in [2.75, 3.05) is 13.7 Å². The lowest BCUT2D eigenvalue weighted by Gasteiger charge is -2.27. The zero-order valence-corrected chi connectivity index (χ0v) is 11.4. The van der Waals surface area contributed by atoms with Gasteiger partial charge in [-0.25, -0.2) is 4.39 Å². The Balaban J connectivity index is 2.30. The number of hydrogen-bond donors (Lipinski definition) is 1. The molecular formula is C15H22FNO. The molecule has 1 saturated heterocycles. The Morgan fingerprint density at radius 1 is 1.50 bits per heavy atom. The second kappa shape index (κ2) is 5.81. The molecule has 0 bridgehead atoms. The molecule has 1 fully saturated rings. The van der Waals surface area contributed by atoms with E-state index in [2.05, 4.69) is 12.2 Å². The minimum absolute atomic E-state index is 0.0392. The van der Waals surface area contributed by atoms with E-state index in [1.807, 2.05) is 26.1 Å². The SMILES string of the molecule is CCC1OCCC1C(NC)c1cc(C)ccc1F. The van der Waals surface area contributed by atoms with Crippen LogP contribution in [0.25, 0.3) is 0 Å². The third kappa shape index (κ3) is 2.57. The zero-order valence-electron chi connectivity index (χ0n) is 11.4. The van der Waals surface area contributed by atoms with Crippen molar-refractivity contribution in [1.29, 1.82) is 0 Å². The number of benzene rings is 1. The molecule has 0 aliphatic carbocycles. The van der Waals surface area contributed by atoms with Crippen LogP contribution in [0.3, 0.4) is 0 Å². The van der Waals surface area contributed by atoms with Crippen LogP contribution in [-0.4, -0.2) is 19.8 Å². The van der Waals surface area contributed by atoms with Crippen LogP contribution in [0.4, 0.5) is 4.39 Å². The standard InChI is InChI=1S/C15H22FNO/c1-4-14-11(7-8-18-14)15(17-3)12-9-10(2)5-6-13(12)16/h5-6,9,11,14-15,17H,4,7-8H2,1-3H3. The molecule has 2 nitrogen and oxygen atoms in total. The lowest BCUT2D eigenvalue weighted by molar-refractivity contribution is 0.0779. The molecule has 1 aromatic carbocycles. The maximum absolute atomic E-state index is 14.0. The Morgan fingerprint density at radius 3 is 2.94 bits per heavy atom. The highest BCUT2D eigenvalue weighted by molar-refractivity contribution is 5.27. The van der Waals surface area contributed by atoms with Crippen molar-refractivity contribution in [3.63, 3.8) is 0 Å². The van der Waals surface area contributed by atoms with E-state index in [9.17, 15) is 4.39 Å². The molecule has 3 heteroatoms. The van der Waals surface area contributed by atoms with Crippen LogP contribution in [0.2, 0.25) is 0 Å². The van der Waals surface area contributed by atoms with Gasteiger partial charge in [0.05, 0.1) is 6.10 Å². The van der Waals surface area contributed by atoms with Gasteiger partial charge in [-0.3, -0.25) is 0 Å². The van der Waals surface area contributed by atoms with Gasteiger partial charge in [-0.1, -0.05) is 24.6 Å². The molecule has 18 heavy (non-hydrogen) atoms. The van der Waals surface area contributed by atoms with Crippen LogP contribution in [-0.2, 0) is 4.74 Å². The molecule has 0 saturated carbocycles. The van der Waals surface area contributed by atoms with Gasteiger partial charge in [-0.15, -0.1) is 0 Å². The molecule has 1 aliphatic rings. The summed E-state index contributed by atoms with van der Waals surface area (Å²) in [7, 11) is 1.90. The maximum atomic E-state index is 14.0. The number of rotatable bonds is 4. The molecule has 0 aromatic heterocycles. The van der Waals surface area contributed by atoms with E-state index in [1.165, 1.54) is 0 Å². The molecule has 0 amide bonds. The molecule has 1 aliphatic heterocycles. The van der Waals surface area contributed by atoms with Gasteiger partial charge in [0.2, 0.25) is 0 Å². The van der Waals surface area contributed by atoms with Crippen LogP contribution in [0, 0.1) is 18.7 Å². The van der Waals surface area contributed by atoms with Crippen molar-refractivity contribution < 1.29 is 9.13 Å². The van der Waals surface area contributed by atoms with E-state index in [-0.39, 0.29) is 18.0 Å². The van der Waals surface area contributed by atoms with Crippen LogP contribution in [0.5, 0.6) is 0 Å². The number of halogens is 1. The second-order valence-electron chi connectivity index (χ2n) is 5.06. The summed E-state index contributed by atoms with van der Waals surface area (Å²) in [6.07, 6.45) is 2.22. The lowest BCUT2D eigenvalue weighted by Crippen LogP contribution is -2.31. The average molecular weight is 251 g/mol. The first-order valence-electron chi connectivity index (χ1n) is 6.72. The van der Waals surface area contributed by atoms with Crippen molar-refractivity contribution in [3.05, 3.63) is 35.1 Å². The fourth-order valence-electron chi connectivity index (χ4n) is 2.97. The Labute approximate surface area is 109 Å². The number of ether oxygens (including phenoxy) is 1. The van der Waals surface area contributed by atoms with Crippen molar-refractivity contribution in [3.8, 4) is 0 Å². The highest BCUT2D eigenvalue weighted by atomic mass is 19.1. The monoisotopic (exact) mass is 251 g/mol. The third-order valence-corrected chi connectivity index (χ3v) is 3.89. The summed E-state index contributed by atoms with van der Waals surface area (Å²) >= 11 is 0. The number of nitrogens with one attached hydrogen (secondary N) is 1. The summed E-state index contributed by atoms with van der Waals surface area (Å²) < 4.78 is 19.7. The highest BCUT2D eigenvalue weighted by Crippen LogP contribution is 2.35. The fourth-order valence-corrected chi connectivity index (χ4v) is 2.97.